The van der Waals surface area contributed by atoms with Crippen LogP contribution in [0.25, 0.3) is 0 Å². The van der Waals surface area contributed by atoms with E-state index in [-0.39, 0.29) is 17.9 Å². The minimum absolute atomic E-state index is 0.0282. The van der Waals surface area contributed by atoms with Crippen LogP contribution in [0.3, 0.4) is 0 Å². The van der Waals surface area contributed by atoms with E-state index in [1.807, 2.05) is 30.3 Å². The first-order valence-corrected chi connectivity index (χ1v) is 11.7. The lowest BCUT2D eigenvalue weighted by molar-refractivity contribution is -0.164. The standard InChI is InChI=1S/C24H35N3O5/c25-15-5-4-8-19(26-20(23(29)30)14-9-16-6-2-1-3-7-16)22(28)27-18-12-10-17(11-13-18)21(27)24(31)32/h1-3,6-7,17-21,26H,4-5,8-15,25H2,(H,29,30)(H,31,32)/t17?,18?,19?,20-,21-/m0/s1. The maximum Gasteiger partial charge on any atom is 0.326 e. The molecule has 1 aromatic rings. The van der Waals surface area contributed by atoms with E-state index >= 15 is 0 Å². The SMILES string of the molecule is NCCCCC(N[C@@H](CCc1ccccc1)C(=O)O)C(=O)N1C2CCC(CC2)[C@H]1C(=O)O. The van der Waals surface area contributed by atoms with Gasteiger partial charge < -0.3 is 20.8 Å². The number of carboxylic acids is 2. The third kappa shape index (κ3) is 5.86. The van der Waals surface area contributed by atoms with Gasteiger partial charge in [0, 0.05) is 6.04 Å². The Labute approximate surface area is 189 Å². The molecule has 2 bridgehead atoms. The van der Waals surface area contributed by atoms with Crippen LogP contribution in [0.15, 0.2) is 30.3 Å². The van der Waals surface area contributed by atoms with E-state index in [0.717, 1.165) is 37.7 Å². The van der Waals surface area contributed by atoms with Gasteiger partial charge in [0.15, 0.2) is 0 Å². The lowest BCUT2D eigenvalue weighted by atomic mass is 9.74. The van der Waals surface area contributed by atoms with Gasteiger partial charge in [-0.1, -0.05) is 36.8 Å². The topological polar surface area (TPSA) is 133 Å². The van der Waals surface area contributed by atoms with E-state index in [0.29, 0.717) is 32.2 Å². The molecule has 4 rings (SSSR count). The van der Waals surface area contributed by atoms with Gasteiger partial charge in [0.25, 0.3) is 0 Å². The number of nitrogens with two attached hydrogens (primary N) is 1. The van der Waals surface area contributed by atoms with Gasteiger partial charge in [-0.25, -0.2) is 4.79 Å². The summed E-state index contributed by atoms with van der Waals surface area (Å²) in [6.07, 6.45) is 6.02. The smallest absolute Gasteiger partial charge is 0.326 e. The molecule has 1 saturated carbocycles. The van der Waals surface area contributed by atoms with E-state index in [2.05, 4.69) is 5.32 Å². The van der Waals surface area contributed by atoms with Gasteiger partial charge >= 0.3 is 11.9 Å². The number of hydrogen-bond donors (Lipinski definition) is 4. The number of aliphatic carboxylic acids is 2. The summed E-state index contributed by atoms with van der Waals surface area (Å²) >= 11 is 0. The molecule has 1 aromatic carbocycles. The minimum atomic E-state index is -1.01. The van der Waals surface area contributed by atoms with Crippen LogP contribution in [0.5, 0.6) is 0 Å². The van der Waals surface area contributed by atoms with Crippen LogP contribution in [0, 0.1) is 5.92 Å². The highest BCUT2D eigenvalue weighted by molar-refractivity contribution is 5.88. The summed E-state index contributed by atoms with van der Waals surface area (Å²) in [5, 5.41) is 22.7. The Kier molecular flexibility index (Phi) is 8.64. The fraction of sp³-hybridized carbons (Fsp3) is 0.625. The molecule has 1 amide bonds. The summed E-state index contributed by atoms with van der Waals surface area (Å²) in [6.45, 7) is 0.490. The number of piperidine rings is 2. The molecule has 176 valence electrons. The van der Waals surface area contributed by atoms with Gasteiger partial charge in [-0.05, 0) is 69.4 Å². The fourth-order valence-electron chi connectivity index (χ4n) is 5.21. The van der Waals surface area contributed by atoms with Gasteiger partial charge in [0.05, 0.1) is 6.04 Å². The molecule has 0 radical (unpaired) electrons. The number of aryl methyl sites for hydroxylation is 1. The summed E-state index contributed by atoms with van der Waals surface area (Å²) in [6, 6.07) is 7.10. The number of carbonyl (C=O) groups is 3. The number of nitrogens with one attached hydrogen (secondary N) is 1. The molecule has 1 unspecified atom stereocenters. The van der Waals surface area contributed by atoms with Crippen LogP contribution in [-0.2, 0) is 20.8 Å². The Morgan fingerprint density at radius 2 is 1.69 bits per heavy atom. The van der Waals surface area contributed by atoms with Crippen LogP contribution in [-0.4, -0.2) is 63.7 Å². The van der Waals surface area contributed by atoms with Crippen molar-refractivity contribution in [2.75, 3.05) is 6.54 Å². The number of amides is 1. The average Bonchev–Trinajstić information content (AvgIpc) is 2.80. The predicted molar refractivity (Wildman–Crippen MR) is 120 cm³/mol. The lowest BCUT2D eigenvalue weighted by Gasteiger charge is -2.50. The van der Waals surface area contributed by atoms with E-state index in [1.165, 1.54) is 0 Å². The summed E-state index contributed by atoms with van der Waals surface area (Å²) in [5.74, 6) is -2.28. The maximum absolute atomic E-state index is 13.6. The van der Waals surface area contributed by atoms with Gasteiger partial charge in [0.1, 0.15) is 12.1 Å². The number of nitrogens with zero attached hydrogens (tertiary/aromatic N) is 1. The van der Waals surface area contributed by atoms with Gasteiger partial charge in [-0.15, -0.1) is 0 Å². The number of fused-ring (bicyclic) bond motifs is 3. The summed E-state index contributed by atoms with van der Waals surface area (Å²) in [5.41, 5.74) is 6.65. The molecule has 0 spiro atoms. The van der Waals surface area contributed by atoms with E-state index in [1.54, 1.807) is 4.90 Å². The van der Waals surface area contributed by atoms with Gasteiger partial charge in [0.2, 0.25) is 5.91 Å². The Bertz CT molecular complexity index is 779. The lowest BCUT2D eigenvalue weighted by Crippen LogP contribution is -2.64. The molecule has 1 aliphatic carbocycles. The molecule has 3 fully saturated rings. The molecule has 2 heterocycles. The zero-order valence-electron chi connectivity index (χ0n) is 18.5. The second-order valence-corrected chi connectivity index (χ2v) is 9.02. The number of rotatable bonds is 12. The van der Waals surface area contributed by atoms with Gasteiger partial charge in [-0.2, -0.15) is 0 Å². The molecule has 2 saturated heterocycles. The normalized spacial score (nSPS) is 24.2. The van der Waals surface area contributed by atoms with Crippen molar-refractivity contribution in [3.8, 4) is 0 Å². The Morgan fingerprint density at radius 1 is 1.00 bits per heavy atom. The Balaban J connectivity index is 1.75. The third-order valence-corrected chi connectivity index (χ3v) is 6.90. The van der Waals surface area contributed by atoms with Crippen molar-refractivity contribution >= 4 is 17.8 Å². The zero-order valence-corrected chi connectivity index (χ0v) is 18.5. The van der Waals surface area contributed by atoms with Crippen LogP contribution in [0.1, 0.15) is 56.9 Å². The maximum atomic E-state index is 13.6. The van der Waals surface area contributed by atoms with Crippen molar-refractivity contribution in [2.45, 2.75) is 82.0 Å². The van der Waals surface area contributed by atoms with E-state index in [9.17, 15) is 24.6 Å². The highest BCUT2D eigenvalue weighted by Gasteiger charge is 2.49. The van der Waals surface area contributed by atoms with Crippen LogP contribution in [0.4, 0.5) is 0 Å². The highest BCUT2D eigenvalue weighted by Crippen LogP contribution is 2.40. The van der Waals surface area contributed by atoms with Crippen molar-refractivity contribution in [2.24, 2.45) is 11.7 Å². The number of unbranched alkanes of at least 4 members (excludes halogenated alkanes) is 1. The van der Waals surface area contributed by atoms with Crippen LogP contribution >= 0.6 is 0 Å². The van der Waals surface area contributed by atoms with Crippen LogP contribution < -0.4 is 11.1 Å². The molecule has 5 N–H and O–H groups in total. The number of carboxylic acid groups (broad SMARTS) is 2. The summed E-state index contributed by atoms with van der Waals surface area (Å²) in [4.78, 5) is 39.1. The largest absolute Gasteiger partial charge is 0.480 e. The first-order valence-electron chi connectivity index (χ1n) is 11.7. The van der Waals surface area contributed by atoms with Crippen molar-refractivity contribution < 1.29 is 24.6 Å². The predicted octanol–water partition coefficient (Wildman–Crippen LogP) is 2.01. The van der Waals surface area contributed by atoms with Gasteiger partial charge in [-0.3, -0.25) is 14.9 Å². The number of benzene rings is 1. The minimum Gasteiger partial charge on any atom is -0.480 e. The van der Waals surface area contributed by atoms with Crippen LogP contribution in [0.2, 0.25) is 0 Å². The number of carbonyl (C=O) groups excluding carboxylic acids is 1. The number of hydrogen-bond acceptors (Lipinski definition) is 5. The summed E-state index contributed by atoms with van der Waals surface area (Å²) < 4.78 is 0. The molecule has 2 aliphatic heterocycles. The zero-order chi connectivity index (χ0) is 23.1. The monoisotopic (exact) mass is 445 g/mol. The quantitative estimate of drug-likeness (QED) is 0.362. The molecular formula is C24H35N3O5. The average molecular weight is 446 g/mol. The second kappa shape index (κ2) is 11.4. The van der Waals surface area contributed by atoms with Crippen molar-refractivity contribution in [1.29, 1.82) is 0 Å². The van der Waals surface area contributed by atoms with Crippen molar-refractivity contribution in [1.82, 2.24) is 10.2 Å². The highest BCUT2D eigenvalue weighted by atomic mass is 16.4. The van der Waals surface area contributed by atoms with Crippen molar-refractivity contribution in [3.63, 3.8) is 0 Å². The van der Waals surface area contributed by atoms with Crippen molar-refractivity contribution in [3.05, 3.63) is 35.9 Å². The molecule has 32 heavy (non-hydrogen) atoms. The Hall–Kier alpha value is -2.45. The molecule has 3 aliphatic rings. The molecule has 0 aromatic heterocycles. The molecule has 8 heteroatoms. The Morgan fingerprint density at radius 3 is 2.28 bits per heavy atom. The first kappa shape index (κ1) is 24.2. The molecular weight excluding hydrogens is 410 g/mol. The molecule has 8 nitrogen and oxygen atoms in total. The molecule has 3 atom stereocenters. The van der Waals surface area contributed by atoms with E-state index in [4.69, 9.17) is 5.73 Å². The van der Waals surface area contributed by atoms with E-state index < -0.39 is 30.1 Å². The second-order valence-electron chi connectivity index (χ2n) is 9.02. The third-order valence-electron chi connectivity index (χ3n) is 6.90. The summed E-state index contributed by atoms with van der Waals surface area (Å²) in [7, 11) is 0. The fourth-order valence-corrected chi connectivity index (χ4v) is 5.21. The first-order chi connectivity index (χ1) is 15.4.